The summed E-state index contributed by atoms with van der Waals surface area (Å²) >= 11 is 0. The van der Waals surface area contributed by atoms with Crippen molar-refractivity contribution in [3.63, 3.8) is 0 Å². The Hall–Kier alpha value is -1.26. The largest absolute Gasteiger partial charge is 0.450 e. The fraction of sp³-hybridized carbons (Fsp3) is 0.857. The SMILES string of the molecule is CCOC(=O)N1CCCN(C(=O)C2CCCC2)CC1. The molecule has 0 radical (unpaired) electrons. The number of carbonyl (C=O) groups is 2. The molecule has 108 valence electrons. The molecule has 0 spiro atoms. The van der Waals surface area contributed by atoms with Crippen molar-refractivity contribution in [3.05, 3.63) is 0 Å². The van der Waals surface area contributed by atoms with Crippen molar-refractivity contribution in [2.24, 2.45) is 5.92 Å². The van der Waals surface area contributed by atoms with E-state index < -0.39 is 0 Å². The molecule has 1 aliphatic heterocycles. The first kappa shape index (κ1) is 14.2. The van der Waals surface area contributed by atoms with Gasteiger partial charge in [0.05, 0.1) is 6.61 Å². The Morgan fingerprint density at radius 2 is 1.63 bits per heavy atom. The van der Waals surface area contributed by atoms with E-state index >= 15 is 0 Å². The van der Waals surface area contributed by atoms with E-state index in [0.717, 1.165) is 25.8 Å². The lowest BCUT2D eigenvalue weighted by Crippen LogP contribution is -2.39. The highest BCUT2D eigenvalue weighted by molar-refractivity contribution is 5.79. The minimum absolute atomic E-state index is 0.231. The highest BCUT2D eigenvalue weighted by Gasteiger charge is 2.29. The lowest BCUT2D eigenvalue weighted by atomic mass is 10.1. The van der Waals surface area contributed by atoms with Crippen molar-refractivity contribution in [1.29, 1.82) is 0 Å². The van der Waals surface area contributed by atoms with Crippen molar-refractivity contribution in [1.82, 2.24) is 9.80 Å². The van der Waals surface area contributed by atoms with Gasteiger partial charge < -0.3 is 14.5 Å². The summed E-state index contributed by atoms with van der Waals surface area (Å²) in [5.74, 6) is 0.525. The maximum atomic E-state index is 12.3. The Labute approximate surface area is 114 Å². The molecule has 0 aromatic carbocycles. The third kappa shape index (κ3) is 3.61. The molecule has 1 saturated carbocycles. The molecule has 2 aliphatic rings. The van der Waals surface area contributed by atoms with Gasteiger partial charge >= 0.3 is 6.09 Å². The number of ether oxygens (including phenoxy) is 1. The van der Waals surface area contributed by atoms with Crippen LogP contribution in [0.15, 0.2) is 0 Å². The number of carbonyl (C=O) groups excluding carboxylic acids is 2. The molecule has 1 saturated heterocycles. The summed E-state index contributed by atoms with van der Waals surface area (Å²) in [4.78, 5) is 27.7. The predicted octanol–water partition coefficient (Wildman–Crippen LogP) is 1.87. The first-order valence-electron chi connectivity index (χ1n) is 7.43. The van der Waals surface area contributed by atoms with Crippen LogP contribution in [0.4, 0.5) is 4.79 Å². The molecular formula is C14H24N2O3. The molecule has 1 aliphatic carbocycles. The van der Waals surface area contributed by atoms with Crippen LogP contribution in [0.2, 0.25) is 0 Å². The van der Waals surface area contributed by atoms with Crippen LogP contribution in [0.5, 0.6) is 0 Å². The van der Waals surface area contributed by atoms with Crippen molar-refractivity contribution in [2.45, 2.75) is 39.0 Å². The van der Waals surface area contributed by atoms with Gasteiger partial charge in [-0.2, -0.15) is 0 Å². The summed E-state index contributed by atoms with van der Waals surface area (Å²) in [6, 6.07) is 0. The van der Waals surface area contributed by atoms with Crippen molar-refractivity contribution in [3.8, 4) is 0 Å². The van der Waals surface area contributed by atoms with E-state index in [-0.39, 0.29) is 12.0 Å². The van der Waals surface area contributed by atoms with E-state index in [2.05, 4.69) is 0 Å². The van der Waals surface area contributed by atoms with Crippen LogP contribution in [-0.2, 0) is 9.53 Å². The monoisotopic (exact) mass is 268 g/mol. The van der Waals surface area contributed by atoms with Crippen LogP contribution < -0.4 is 0 Å². The standard InChI is InChI=1S/C14H24N2O3/c1-2-19-14(18)16-9-5-8-15(10-11-16)13(17)12-6-3-4-7-12/h12H,2-11H2,1H3. The number of hydrogen-bond acceptors (Lipinski definition) is 3. The molecule has 0 bridgehead atoms. The molecule has 0 aromatic heterocycles. The summed E-state index contributed by atoms with van der Waals surface area (Å²) < 4.78 is 5.02. The fourth-order valence-corrected chi connectivity index (χ4v) is 2.97. The zero-order valence-corrected chi connectivity index (χ0v) is 11.8. The highest BCUT2D eigenvalue weighted by Crippen LogP contribution is 2.26. The van der Waals surface area contributed by atoms with Crippen LogP contribution in [0.3, 0.4) is 0 Å². The van der Waals surface area contributed by atoms with Gasteiger partial charge in [0.15, 0.2) is 0 Å². The predicted molar refractivity (Wildman–Crippen MR) is 71.8 cm³/mol. The third-order valence-electron chi connectivity index (χ3n) is 4.04. The van der Waals surface area contributed by atoms with E-state index in [4.69, 9.17) is 4.74 Å². The van der Waals surface area contributed by atoms with Gasteiger partial charge in [0.2, 0.25) is 5.91 Å². The van der Waals surface area contributed by atoms with Gasteiger partial charge in [-0.3, -0.25) is 4.79 Å². The molecule has 2 amide bonds. The quantitative estimate of drug-likeness (QED) is 0.768. The first-order valence-corrected chi connectivity index (χ1v) is 7.43. The van der Waals surface area contributed by atoms with Gasteiger partial charge in [-0.15, -0.1) is 0 Å². The van der Waals surface area contributed by atoms with Gasteiger partial charge in [-0.1, -0.05) is 12.8 Å². The zero-order valence-electron chi connectivity index (χ0n) is 11.8. The fourth-order valence-electron chi connectivity index (χ4n) is 2.97. The van der Waals surface area contributed by atoms with Crippen LogP contribution in [0.1, 0.15) is 39.0 Å². The lowest BCUT2D eigenvalue weighted by Gasteiger charge is -2.24. The molecule has 1 heterocycles. The van der Waals surface area contributed by atoms with E-state index in [0.29, 0.717) is 32.1 Å². The smallest absolute Gasteiger partial charge is 0.409 e. The summed E-state index contributed by atoms with van der Waals surface area (Å²) in [5, 5.41) is 0. The Bertz CT molecular complexity index is 327. The minimum Gasteiger partial charge on any atom is -0.450 e. The molecule has 19 heavy (non-hydrogen) atoms. The van der Waals surface area contributed by atoms with Gasteiger partial charge in [0, 0.05) is 32.1 Å². The number of amides is 2. The molecule has 0 unspecified atom stereocenters. The Balaban J connectivity index is 1.85. The van der Waals surface area contributed by atoms with Gasteiger partial charge in [-0.05, 0) is 26.2 Å². The molecule has 2 rings (SSSR count). The lowest BCUT2D eigenvalue weighted by molar-refractivity contribution is -0.135. The van der Waals surface area contributed by atoms with E-state index in [9.17, 15) is 9.59 Å². The Kier molecular flexibility index (Phi) is 5.05. The molecule has 5 nitrogen and oxygen atoms in total. The Morgan fingerprint density at radius 1 is 1.00 bits per heavy atom. The van der Waals surface area contributed by atoms with Crippen LogP contribution in [0.25, 0.3) is 0 Å². The van der Waals surface area contributed by atoms with E-state index in [1.807, 2.05) is 11.8 Å². The molecule has 0 N–H and O–H groups in total. The molecular weight excluding hydrogens is 244 g/mol. The van der Waals surface area contributed by atoms with Gasteiger partial charge in [0.25, 0.3) is 0 Å². The summed E-state index contributed by atoms with van der Waals surface area (Å²) in [6.07, 6.45) is 5.03. The molecule has 0 atom stereocenters. The average Bonchev–Trinajstić information content (AvgIpc) is 2.82. The minimum atomic E-state index is -0.252. The van der Waals surface area contributed by atoms with Crippen LogP contribution >= 0.6 is 0 Å². The molecule has 5 heteroatoms. The zero-order chi connectivity index (χ0) is 13.7. The van der Waals surface area contributed by atoms with Crippen LogP contribution in [-0.4, -0.2) is 54.6 Å². The summed E-state index contributed by atoms with van der Waals surface area (Å²) in [6.45, 7) is 4.91. The van der Waals surface area contributed by atoms with E-state index in [1.165, 1.54) is 12.8 Å². The van der Waals surface area contributed by atoms with Crippen LogP contribution in [0, 0.1) is 5.92 Å². The maximum absolute atomic E-state index is 12.3. The van der Waals surface area contributed by atoms with Gasteiger partial charge in [-0.25, -0.2) is 4.79 Å². The van der Waals surface area contributed by atoms with E-state index in [1.54, 1.807) is 4.90 Å². The van der Waals surface area contributed by atoms with Crippen molar-refractivity contribution >= 4 is 12.0 Å². The molecule has 2 fully saturated rings. The third-order valence-corrected chi connectivity index (χ3v) is 4.04. The number of hydrogen-bond donors (Lipinski definition) is 0. The maximum Gasteiger partial charge on any atom is 0.409 e. The average molecular weight is 268 g/mol. The summed E-state index contributed by atoms with van der Waals surface area (Å²) in [5.41, 5.74) is 0. The van der Waals surface area contributed by atoms with Crippen molar-refractivity contribution in [2.75, 3.05) is 32.8 Å². The second-order valence-electron chi connectivity index (χ2n) is 5.35. The van der Waals surface area contributed by atoms with Gasteiger partial charge in [0.1, 0.15) is 0 Å². The molecule has 0 aromatic rings. The second-order valence-corrected chi connectivity index (χ2v) is 5.35. The second kappa shape index (κ2) is 6.78. The highest BCUT2D eigenvalue weighted by atomic mass is 16.6. The topological polar surface area (TPSA) is 49.9 Å². The summed E-state index contributed by atoms with van der Waals surface area (Å²) in [7, 11) is 0. The number of nitrogens with zero attached hydrogens (tertiary/aromatic N) is 2. The van der Waals surface area contributed by atoms with Crippen molar-refractivity contribution < 1.29 is 14.3 Å². The first-order chi connectivity index (χ1) is 9.22. The Morgan fingerprint density at radius 3 is 2.32 bits per heavy atom. The normalized spacial score (nSPS) is 21.3. The number of rotatable bonds is 2.